The summed E-state index contributed by atoms with van der Waals surface area (Å²) in [5.74, 6) is -0.664. The SMILES string of the molecule is Nc1ccn([C@@H]2O[C@H](COC(=O)[C@H](N)Cc3cc4ccccc4[nH]3)[C@@H](O)[C@@H]2O)c(=O)n1.O=CO. The lowest BCUT2D eigenvalue weighted by molar-refractivity contribution is -0.151. The maximum Gasteiger partial charge on any atom is 0.351 e. The van der Waals surface area contributed by atoms with Crippen molar-refractivity contribution in [1.29, 1.82) is 0 Å². The quantitative estimate of drug-likeness (QED) is 0.183. The van der Waals surface area contributed by atoms with Gasteiger partial charge in [-0.2, -0.15) is 4.98 Å². The molecule has 0 amide bonds. The second-order valence-corrected chi connectivity index (χ2v) is 7.52. The van der Waals surface area contributed by atoms with E-state index in [1.165, 1.54) is 12.3 Å². The molecule has 4 rings (SSSR count). The van der Waals surface area contributed by atoms with Crippen molar-refractivity contribution in [2.75, 3.05) is 12.3 Å². The number of aromatic nitrogens is 3. The fourth-order valence-electron chi connectivity index (χ4n) is 3.55. The molecule has 0 aliphatic carbocycles. The zero-order chi connectivity index (χ0) is 24.8. The first-order chi connectivity index (χ1) is 16.2. The van der Waals surface area contributed by atoms with Crippen LogP contribution >= 0.6 is 0 Å². The van der Waals surface area contributed by atoms with Crippen molar-refractivity contribution < 1.29 is 34.4 Å². The van der Waals surface area contributed by atoms with E-state index in [0.717, 1.165) is 21.2 Å². The van der Waals surface area contributed by atoms with Crippen LogP contribution in [-0.4, -0.2) is 73.3 Å². The molecule has 3 heterocycles. The molecular formula is C21H25N5O8. The lowest BCUT2D eigenvalue weighted by Crippen LogP contribution is -2.39. The minimum Gasteiger partial charge on any atom is -0.483 e. The number of para-hydroxylation sites is 1. The van der Waals surface area contributed by atoms with Gasteiger partial charge in [-0.15, -0.1) is 0 Å². The molecule has 1 saturated heterocycles. The van der Waals surface area contributed by atoms with E-state index in [9.17, 15) is 19.8 Å². The van der Waals surface area contributed by atoms with Gasteiger partial charge in [0.05, 0.1) is 0 Å². The summed E-state index contributed by atoms with van der Waals surface area (Å²) in [6.07, 6.45) is -3.51. The third-order valence-electron chi connectivity index (χ3n) is 5.18. The Balaban J connectivity index is 0.00000103. The van der Waals surface area contributed by atoms with E-state index >= 15 is 0 Å². The second-order valence-electron chi connectivity index (χ2n) is 7.52. The number of nitrogens with one attached hydrogen (secondary N) is 1. The van der Waals surface area contributed by atoms with Crippen LogP contribution in [0.1, 0.15) is 11.9 Å². The molecule has 1 aliphatic rings. The first-order valence-electron chi connectivity index (χ1n) is 10.2. The number of ether oxygens (including phenoxy) is 2. The Labute approximate surface area is 192 Å². The van der Waals surface area contributed by atoms with E-state index in [1.54, 1.807) is 0 Å². The van der Waals surface area contributed by atoms with Crippen LogP contribution in [-0.2, 0) is 25.5 Å². The van der Waals surface area contributed by atoms with Gasteiger partial charge >= 0.3 is 11.7 Å². The van der Waals surface area contributed by atoms with E-state index < -0.39 is 42.2 Å². The molecule has 1 fully saturated rings. The van der Waals surface area contributed by atoms with Crippen LogP contribution in [0.2, 0.25) is 0 Å². The highest BCUT2D eigenvalue weighted by Gasteiger charge is 2.44. The average molecular weight is 475 g/mol. The van der Waals surface area contributed by atoms with E-state index in [0.29, 0.717) is 0 Å². The zero-order valence-electron chi connectivity index (χ0n) is 17.9. The summed E-state index contributed by atoms with van der Waals surface area (Å²) in [7, 11) is 0. The number of aromatic amines is 1. The van der Waals surface area contributed by atoms with E-state index in [2.05, 4.69) is 9.97 Å². The monoisotopic (exact) mass is 475 g/mol. The van der Waals surface area contributed by atoms with Gasteiger partial charge < -0.3 is 41.2 Å². The van der Waals surface area contributed by atoms with Crippen LogP contribution in [0.15, 0.2) is 47.4 Å². The summed E-state index contributed by atoms with van der Waals surface area (Å²) in [5, 5.41) is 28.4. The number of carbonyl (C=O) groups excluding carboxylic acids is 1. The normalized spacial score (nSPS) is 22.6. The number of esters is 1. The standard InChI is InChI=1S/C20H23N5O6.CH2O2/c21-12(8-11-7-10-3-1-2-4-13(10)23-11)19(28)30-9-14-16(26)17(27)18(31-14)25-6-5-15(22)24-20(25)29;2-1-3/h1-7,12,14,16-18,23,26-27H,8-9,21H2,(H2,22,24,29);1H,(H,2,3)/t12-,14-,16-,17+,18-;/m1./s1. The number of carbonyl (C=O) groups is 2. The molecule has 13 nitrogen and oxygen atoms in total. The number of nitrogens with zero attached hydrogens (tertiary/aromatic N) is 2. The Hall–Kier alpha value is -3.78. The van der Waals surface area contributed by atoms with Gasteiger partial charge in [0.25, 0.3) is 6.47 Å². The van der Waals surface area contributed by atoms with Crippen molar-refractivity contribution >= 4 is 29.2 Å². The Morgan fingerprint density at radius 1 is 1.29 bits per heavy atom. The van der Waals surface area contributed by atoms with Gasteiger partial charge in [0.2, 0.25) is 0 Å². The molecule has 0 spiro atoms. The minimum atomic E-state index is -1.42. The van der Waals surface area contributed by atoms with Gasteiger partial charge in [-0.1, -0.05) is 18.2 Å². The smallest absolute Gasteiger partial charge is 0.351 e. The maximum atomic E-state index is 12.3. The molecule has 1 aliphatic heterocycles. The van der Waals surface area contributed by atoms with Gasteiger partial charge in [-0.3, -0.25) is 14.2 Å². The number of hydrogen-bond acceptors (Lipinski definition) is 10. The number of aliphatic hydroxyl groups excluding tert-OH is 2. The van der Waals surface area contributed by atoms with Crippen LogP contribution in [0, 0.1) is 0 Å². The molecule has 0 bridgehead atoms. The van der Waals surface area contributed by atoms with Crippen LogP contribution in [0.5, 0.6) is 0 Å². The molecular weight excluding hydrogens is 450 g/mol. The van der Waals surface area contributed by atoms with Crippen LogP contribution in [0.4, 0.5) is 5.82 Å². The maximum absolute atomic E-state index is 12.3. The van der Waals surface area contributed by atoms with E-state index in [-0.39, 0.29) is 25.3 Å². The fraction of sp³-hybridized carbons (Fsp3) is 0.333. The Morgan fingerprint density at radius 3 is 2.68 bits per heavy atom. The molecule has 1 aromatic carbocycles. The lowest BCUT2D eigenvalue weighted by Gasteiger charge is -2.17. The summed E-state index contributed by atoms with van der Waals surface area (Å²) < 4.78 is 11.7. The van der Waals surface area contributed by atoms with Crippen molar-refractivity contribution in [3.05, 3.63) is 58.8 Å². The number of fused-ring (bicyclic) bond motifs is 1. The van der Waals surface area contributed by atoms with Gasteiger partial charge in [-0.25, -0.2) is 4.79 Å². The summed E-state index contributed by atoms with van der Waals surface area (Å²) in [4.78, 5) is 39.4. The zero-order valence-corrected chi connectivity index (χ0v) is 17.9. The highest BCUT2D eigenvalue weighted by Crippen LogP contribution is 2.28. The number of nitrogen functional groups attached to an aromatic ring is 1. The first kappa shape index (κ1) is 24.9. The predicted molar refractivity (Wildman–Crippen MR) is 118 cm³/mol. The van der Waals surface area contributed by atoms with E-state index in [1.807, 2.05) is 30.3 Å². The molecule has 5 atom stereocenters. The van der Waals surface area contributed by atoms with Crippen molar-refractivity contribution in [2.45, 2.75) is 37.0 Å². The predicted octanol–water partition coefficient (Wildman–Crippen LogP) is -1.26. The van der Waals surface area contributed by atoms with Crippen molar-refractivity contribution in [3.8, 4) is 0 Å². The number of aliphatic hydroxyl groups is 2. The summed E-state index contributed by atoms with van der Waals surface area (Å²) in [5.41, 5.74) is 12.4. The number of hydrogen-bond donors (Lipinski definition) is 6. The van der Waals surface area contributed by atoms with Crippen LogP contribution in [0.25, 0.3) is 10.9 Å². The molecule has 0 unspecified atom stereocenters. The summed E-state index contributed by atoms with van der Waals surface area (Å²) in [6.45, 7) is -0.592. The molecule has 182 valence electrons. The van der Waals surface area contributed by atoms with Gasteiger partial charge in [0, 0.05) is 23.8 Å². The number of carboxylic acid groups (broad SMARTS) is 1. The third kappa shape index (κ3) is 5.58. The lowest BCUT2D eigenvalue weighted by atomic mass is 10.1. The first-order valence-corrected chi connectivity index (χ1v) is 10.2. The summed E-state index contributed by atoms with van der Waals surface area (Å²) >= 11 is 0. The van der Waals surface area contributed by atoms with Gasteiger partial charge in [0.15, 0.2) is 6.23 Å². The third-order valence-corrected chi connectivity index (χ3v) is 5.18. The molecule has 0 saturated carbocycles. The Morgan fingerprint density at radius 2 is 2.00 bits per heavy atom. The van der Waals surface area contributed by atoms with E-state index in [4.69, 9.17) is 30.8 Å². The van der Waals surface area contributed by atoms with Crippen molar-refractivity contribution in [3.63, 3.8) is 0 Å². The molecule has 34 heavy (non-hydrogen) atoms. The topological polar surface area (TPSA) is 216 Å². The fourth-order valence-corrected chi connectivity index (χ4v) is 3.55. The molecule has 0 radical (unpaired) electrons. The highest BCUT2D eigenvalue weighted by atomic mass is 16.6. The largest absolute Gasteiger partial charge is 0.483 e. The second kappa shape index (κ2) is 10.9. The average Bonchev–Trinajstić information content (AvgIpc) is 3.33. The van der Waals surface area contributed by atoms with Crippen molar-refractivity contribution in [1.82, 2.24) is 14.5 Å². The summed E-state index contributed by atoms with van der Waals surface area (Å²) in [6, 6.07) is 10.0. The number of nitrogens with two attached hydrogens (primary N) is 2. The minimum absolute atomic E-state index is 0.0173. The number of rotatable bonds is 6. The highest BCUT2D eigenvalue weighted by molar-refractivity contribution is 5.81. The molecule has 3 aromatic rings. The van der Waals surface area contributed by atoms with Crippen molar-refractivity contribution in [2.24, 2.45) is 5.73 Å². The molecule has 8 N–H and O–H groups in total. The number of anilines is 1. The number of benzene rings is 1. The van der Waals surface area contributed by atoms with Gasteiger partial charge in [-0.05, 0) is 23.6 Å². The van der Waals surface area contributed by atoms with Crippen LogP contribution < -0.4 is 17.2 Å². The van der Waals surface area contributed by atoms with Gasteiger partial charge in [0.1, 0.15) is 36.8 Å². The Kier molecular flexibility index (Phi) is 7.96. The number of H-pyrrole nitrogens is 1. The molecule has 2 aromatic heterocycles. The Bertz CT molecular complexity index is 1160. The molecule has 13 heteroatoms. The van der Waals surface area contributed by atoms with Crippen LogP contribution in [0.3, 0.4) is 0 Å².